The first-order chi connectivity index (χ1) is 8.02. The molecule has 0 atom stereocenters. The lowest BCUT2D eigenvalue weighted by atomic mass is 10.00. The van der Waals surface area contributed by atoms with Gasteiger partial charge in [-0.2, -0.15) is 13.2 Å². The highest BCUT2D eigenvalue weighted by Gasteiger charge is 2.30. The number of nitrogens with two attached hydrogens (primary N) is 1. The average Bonchev–Trinajstić information content (AvgIpc) is 2.28. The Bertz CT molecular complexity index is 532. The molecule has 0 heterocycles. The minimum absolute atomic E-state index is 0.486. The van der Waals surface area contributed by atoms with Crippen LogP contribution >= 0.6 is 0 Å². The largest absolute Gasteiger partial charge is 0.416 e. The molecule has 0 spiro atoms. The number of rotatable bonds is 2. The molecule has 0 amide bonds. The normalized spacial score (nSPS) is 12.0. The van der Waals surface area contributed by atoms with E-state index in [0.29, 0.717) is 18.4 Å². The van der Waals surface area contributed by atoms with E-state index in [-0.39, 0.29) is 0 Å². The third-order valence-corrected chi connectivity index (χ3v) is 2.71. The van der Waals surface area contributed by atoms with Crippen molar-refractivity contribution >= 4 is 10.8 Å². The molecule has 0 fully saturated rings. The van der Waals surface area contributed by atoms with Gasteiger partial charge >= 0.3 is 6.18 Å². The van der Waals surface area contributed by atoms with Crippen molar-refractivity contribution < 1.29 is 13.2 Å². The fraction of sp³-hybridized carbons (Fsp3) is 0.231. The van der Waals surface area contributed by atoms with Crippen molar-refractivity contribution in [2.24, 2.45) is 5.73 Å². The number of benzene rings is 2. The van der Waals surface area contributed by atoms with Gasteiger partial charge in [-0.05, 0) is 41.4 Å². The van der Waals surface area contributed by atoms with Crippen molar-refractivity contribution in [1.29, 1.82) is 0 Å². The molecule has 4 heteroatoms. The SMILES string of the molecule is NCCc1cccc2cc(C(F)(F)F)ccc12. The summed E-state index contributed by atoms with van der Waals surface area (Å²) in [7, 11) is 0. The van der Waals surface area contributed by atoms with E-state index >= 15 is 0 Å². The van der Waals surface area contributed by atoms with Crippen LogP contribution in [0.1, 0.15) is 11.1 Å². The molecule has 0 unspecified atom stereocenters. The van der Waals surface area contributed by atoms with E-state index in [4.69, 9.17) is 5.73 Å². The first-order valence-electron chi connectivity index (χ1n) is 5.31. The Morgan fingerprint density at radius 3 is 2.47 bits per heavy atom. The lowest BCUT2D eigenvalue weighted by molar-refractivity contribution is -0.137. The topological polar surface area (TPSA) is 26.0 Å². The highest BCUT2D eigenvalue weighted by molar-refractivity contribution is 5.86. The van der Waals surface area contributed by atoms with Crippen LogP contribution in [-0.4, -0.2) is 6.54 Å². The Morgan fingerprint density at radius 2 is 1.82 bits per heavy atom. The lowest BCUT2D eigenvalue weighted by Crippen LogP contribution is -2.05. The zero-order valence-electron chi connectivity index (χ0n) is 9.09. The van der Waals surface area contributed by atoms with Crippen molar-refractivity contribution in [1.82, 2.24) is 0 Å². The minimum Gasteiger partial charge on any atom is -0.330 e. The first-order valence-corrected chi connectivity index (χ1v) is 5.31. The standard InChI is InChI=1S/C13H12F3N/c14-13(15,16)11-4-5-12-9(6-7-17)2-1-3-10(12)8-11/h1-5,8H,6-7,17H2. The van der Waals surface area contributed by atoms with E-state index in [9.17, 15) is 13.2 Å². The summed E-state index contributed by atoms with van der Waals surface area (Å²) in [6, 6.07) is 9.14. The second kappa shape index (κ2) is 4.37. The van der Waals surface area contributed by atoms with Gasteiger partial charge in [0.05, 0.1) is 5.56 Å². The summed E-state index contributed by atoms with van der Waals surface area (Å²) >= 11 is 0. The van der Waals surface area contributed by atoms with Crippen LogP contribution in [0.3, 0.4) is 0 Å². The molecule has 90 valence electrons. The fourth-order valence-corrected chi connectivity index (χ4v) is 1.90. The summed E-state index contributed by atoms with van der Waals surface area (Å²) in [5.41, 5.74) is 5.84. The molecule has 0 bridgehead atoms. The van der Waals surface area contributed by atoms with E-state index in [2.05, 4.69) is 0 Å². The van der Waals surface area contributed by atoms with Crippen LogP contribution in [0.2, 0.25) is 0 Å². The number of alkyl halides is 3. The van der Waals surface area contributed by atoms with Gasteiger partial charge in [0, 0.05) is 0 Å². The third-order valence-electron chi connectivity index (χ3n) is 2.71. The smallest absolute Gasteiger partial charge is 0.330 e. The van der Waals surface area contributed by atoms with E-state index in [1.165, 1.54) is 12.1 Å². The molecule has 2 N–H and O–H groups in total. The molecule has 1 nitrogen and oxygen atoms in total. The van der Waals surface area contributed by atoms with Gasteiger partial charge in [-0.1, -0.05) is 24.3 Å². The maximum Gasteiger partial charge on any atom is 0.416 e. The average molecular weight is 239 g/mol. The molecule has 0 aliphatic rings. The van der Waals surface area contributed by atoms with Crippen molar-refractivity contribution in [2.45, 2.75) is 12.6 Å². The van der Waals surface area contributed by atoms with Crippen LogP contribution in [0, 0.1) is 0 Å². The van der Waals surface area contributed by atoms with E-state index in [1.807, 2.05) is 6.07 Å². The van der Waals surface area contributed by atoms with Crippen LogP contribution in [0.15, 0.2) is 36.4 Å². The van der Waals surface area contributed by atoms with Gasteiger partial charge in [0.1, 0.15) is 0 Å². The molecule has 0 radical (unpaired) electrons. The highest BCUT2D eigenvalue weighted by atomic mass is 19.4. The number of hydrogen-bond donors (Lipinski definition) is 1. The van der Waals surface area contributed by atoms with E-state index in [0.717, 1.165) is 17.0 Å². The fourth-order valence-electron chi connectivity index (χ4n) is 1.90. The van der Waals surface area contributed by atoms with Gasteiger partial charge in [-0.3, -0.25) is 0 Å². The summed E-state index contributed by atoms with van der Waals surface area (Å²) in [6.07, 6.45) is -3.62. The molecule has 17 heavy (non-hydrogen) atoms. The molecule has 0 saturated carbocycles. The first kappa shape index (κ1) is 11.9. The molecule has 2 aromatic carbocycles. The quantitative estimate of drug-likeness (QED) is 0.854. The molecule has 0 aromatic heterocycles. The van der Waals surface area contributed by atoms with Crippen LogP contribution in [-0.2, 0) is 12.6 Å². The monoisotopic (exact) mass is 239 g/mol. The highest BCUT2D eigenvalue weighted by Crippen LogP contribution is 2.32. The second-order valence-corrected chi connectivity index (χ2v) is 3.89. The Morgan fingerprint density at radius 1 is 1.06 bits per heavy atom. The van der Waals surface area contributed by atoms with Gasteiger partial charge in [-0.25, -0.2) is 0 Å². The van der Waals surface area contributed by atoms with Crippen molar-refractivity contribution in [2.75, 3.05) is 6.54 Å². The molecule has 2 rings (SSSR count). The summed E-state index contributed by atoms with van der Waals surface area (Å²) in [4.78, 5) is 0. The predicted molar refractivity (Wildman–Crippen MR) is 61.7 cm³/mol. The minimum atomic E-state index is -4.29. The predicted octanol–water partition coefficient (Wildman–Crippen LogP) is 3.36. The van der Waals surface area contributed by atoms with E-state index < -0.39 is 11.7 Å². The maximum atomic E-state index is 12.5. The van der Waals surface area contributed by atoms with E-state index in [1.54, 1.807) is 12.1 Å². The molecule has 0 saturated heterocycles. The summed E-state index contributed by atoms with van der Waals surface area (Å²) < 4.78 is 37.6. The van der Waals surface area contributed by atoms with Crippen LogP contribution in [0.5, 0.6) is 0 Å². The number of halogens is 3. The number of fused-ring (bicyclic) bond motifs is 1. The molecule has 0 aliphatic heterocycles. The number of hydrogen-bond acceptors (Lipinski definition) is 1. The van der Waals surface area contributed by atoms with Crippen molar-refractivity contribution in [3.63, 3.8) is 0 Å². The van der Waals surface area contributed by atoms with Crippen LogP contribution in [0.4, 0.5) is 13.2 Å². The maximum absolute atomic E-state index is 12.5. The molecule has 0 aliphatic carbocycles. The lowest BCUT2D eigenvalue weighted by Gasteiger charge is -2.10. The third kappa shape index (κ3) is 2.42. The Hall–Kier alpha value is -1.55. The Kier molecular flexibility index (Phi) is 3.07. The second-order valence-electron chi connectivity index (χ2n) is 3.89. The summed E-state index contributed by atoms with van der Waals surface area (Å²) in [5.74, 6) is 0. The molecule has 2 aromatic rings. The Labute approximate surface area is 97.0 Å². The van der Waals surface area contributed by atoms with Gasteiger partial charge in [0.2, 0.25) is 0 Å². The van der Waals surface area contributed by atoms with Gasteiger partial charge in [-0.15, -0.1) is 0 Å². The van der Waals surface area contributed by atoms with Gasteiger partial charge < -0.3 is 5.73 Å². The molecular weight excluding hydrogens is 227 g/mol. The Balaban J connectivity index is 2.57. The summed E-state index contributed by atoms with van der Waals surface area (Å²) in [6.45, 7) is 0.486. The van der Waals surface area contributed by atoms with Gasteiger partial charge in [0.15, 0.2) is 0 Å². The summed E-state index contributed by atoms with van der Waals surface area (Å²) in [5, 5.41) is 1.44. The van der Waals surface area contributed by atoms with Gasteiger partial charge in [0.25, 0.3) is 0 Å². The van der Waals surface area contributed by atoms with Crippen LogP contribution in [0.25, 0.3) is 10.8 Å². The van der Waals surface area contributed by atoms with Crippen molar-refractivity contribution in [3.05, 3.63) is 47.5 Å². The van der Waals surface area contributed by atoms with Crippen molar-refractivity contribution in [3.8, 4) is 0 Å². The zero-order valence-corrected chi connectivity index (χ0v) is 9.09. The zero-order chi connectivity index (χ0) is 12.5. The molecular formula is C13H12F3N. The van der Waals surface area contributed by atoms with Crippen LogP contribution < -0.4 is 5.73 Å².